The molecule has 0 aromatic carbocycles. The van der Waals surface area contributed by atoms with Crippen LogP contribution in [0.15, 0.2) is 12.4 Å². The number of piperidine rings is 1. The molecule has 0 bridgehead atoms. The highest BCUT2D eigenvalue weighted by Crippen LogP contribution is 2.33. The number of hydrogen-bond acceptors (Lipinski definition) is 4. The molecule has 0 aliphatic carbocycles. The number of nitrogens with zero attached hydrogens (tertiary/aromatic N) is 3. The molecule has 0 unspecified atom stereocenters. The molecule has 0 atom stereocenters. The highest BCUT2D eigenvalue weighted by Gasteiger charge is 2.37. The van der Waals surface area contributed by atoms with Crippen LogP contribution in [0.3, 0.4) is 0 Å². The van der Waals surface area contributed by atoms with Gasteiger partial charge in [-0.15, -0.1) is 0 Å². The number of H-pyrrole nitrogens is 1. The molecule has 6 nitrogen and oxygen atoms in total. The Labute approximate surface area is 125 Å². The summed E-state index contributed by atoms with van der Waals surface area (Å²) in [6, 6.07) is 0. The predicted molar refractivity (Wildman–Crippen MR) is 78.9 cm³/mol. The number of amides is 1. The van der Waals surface area contributed by atoms with E-state index in [-0.39, 0.29) is 17.9 Å². The molecule has 0 saturated carbocycles. The molecule has 2 fully saturated rings. The summed E-state index contributed by atoms with van der Waals surface area (Å²) in [5, 5.41) is 16.4. The lowest BCUT2D eigenvalue weighted by Crippen LogP contribution is -2.49. The van der Waals surface area contributed by atoms with Gasteiger partial charge in [0.1, 0.15) is 0 Å². The minimum Gasteiger partial charge on any atom is -0.396 e. The van der Waals surface area contributed by atoms with Crippen molar-refractivity contribution in [3.8, 4) is 0 Å². The Kier molecular flexibility index (Phi) is 4.26. The number of carbonyl (C=O) groups is 1. The second kappa shape index (κ2) is 6.15. The normalized spacial score (nSPS) is 22.6. The fourth-order valence-corrected chi connectivity index (χ4v) is 3.52. The fourth-order valence-electron chi connectivity index (χ4n) is 3.52. The van der Waals surface area contributed by atoms with E-state index in [0.717, 1.165) is 45.6 Å². The zero-order valence-electron chi connectivity index (χ0n) is 12.4. The topological polar surface area (TPSA) is 72.5 Å². The van der Waals surface area contributed by atoms with Crippen molar-refractivity contribution >= 4 is 5.91 Å². The second-order valence-corrected chi connectivity index (χ2v) is 6.42. The first kappa shape index (κ1) is 14.5. The average Bonchev–Trinajstić information content (AvgIpc) is 3.20. The Morgan fingerprint density at radius 2 is 2.00 bits per heavy atom. The van der Waals surface area contributed by atoms with E-state index in [1.165, 1.54) is 12.8 Å². The molecule has 6 heteroatoms. The summed E-state index contributed by atoms with van der Waals surface area (Å²) in [4.78, 5) is 16.6. The van der Waals surface area contributed by atoms with E-state index in [0.29, 0.717) is 5.56 Å². The monoisotopic (exact) mass is 292 g/mol. The summed E-state index contributed by atoms with van der Waals surface area (Å²) in [6.07, 6.45) is 7.51. The van der Waals surface area contributed by atoms with E-state index in [2.05, 4.69) is 15.1 Å². The van der Waals surface area contributed by atoms with Crippen LogP contribution in [-0.4, -0.2) is 70.3 Å². The molecule has 2 aliphatic rings. The van der Waals surface area contributed by atoms with E-state index in [1.54, 1.807) is 12.4 Å². The first-order chi connectivity index (χ1) is 10.2. The van der Waals surface area contributed by atoms with E-state index >= 15 is 0 Å². The third kappa shape index (κ3) is 3.11. The fraction of sp³-hybridized carbons (Fsp3) is 0.733. The van der Waals surface area contributed by atoms with Gasteiger partial charge in [-0.05, 0) is 38.8 Å². The Balaban J connectivity index is 1.58. The third-order valence-electron chi connectivity index (χ3n) is 4.95. The molecule has 2 N–H and O–H groups in total. The number of aromatic amines is 1. The number of likely N-dealkylation sites (tertiary alicyclic amines) is 2. The van der Waals surface area contributed by atoms with Crippen LogP contribution in [0.2, 0.25) is 0 Å². The Morgan fingerprint density at radius 1 is 1.29 bits per heavy atom. The summed E-state index contributed by atoms with van der Waals surface area (Å²) in [6.45, 7) is 4.93. The first-order valence-corrected chi connectivity index (χ1v) is 7.84. The van der Waals surface area contributed by atoms with E-state index < -0.39 is 0 Å². The molecular weight excluding hydrogens is 268 g/mol. The molecule has 2 aliphatic heterocycles. The second-order valence-electron chi connectivity index (χ2n) is 6.42. The van der Waals surface area contributed by atoms with Crippen LogP contribution in [0.25, 0.3) is 0 Å². The molecule has 0 radical (unpaired) electrons. The van der Waals surface area contributed by atoms with Crippen LogP contribution >= 0.6 is 0 Å². The Hall–Kier alpha value is -1.40. The van der Waals surface area contributed by atoms with Crippen LogP contribution < -0.4 is 0 Å². The van der Waals surface area contributed by atoms with Gasteiger partial charge in [0.15, 0.2) is 0 Å². The molecule has 21 heavy (non-hydrogen) atoms. The summed E-state index contributed by atoms with van der Waals surface area (Å²) in [5.74, 6) is 0.0384. The smallest absolute Gasteiger partial charge is 0.257 e. The van der Waals surface area contributed by atoms with Crippen LogP contribution in [0.1, 0.15) is 36.0 Å². The van der Waals surface area contributed by atoms with Crippen molar-refractivity contribution in [2.24, 2.45) is 5.41 Å². The van der Waals surface area contributed by atoms with Crippen LogP contribution in [0, 0.1) is 5.41 Å². The molecule has 3 heterocycles. The number of hydrogen-bond donors (Lipinski definition) is 2. The summed E-state index contributed by atoms with van der Waals surface area (Å²) in [7, 11) is 0. The number of rotatable bonds is 4. The third-order valence-corrected chi connectivity index (χ3v) is 4.95. The highest BCUT2D eigenvalue weighted by molar-refractivity contribution is 5.93. The molecule has 0 spiro atoms. The van der Waals surface area contributed by atoms with Crippen molar-refractivity contribution in [3.05, 3.63) is 18.0 Å². The van der Waals surface area contributed by atoms with E-state index in [1.807, 2.05) is 4.90 Å². The van der Waals surface area contributed by atoms with Gasteiger partial charge < -0.3 is 14.9 Å². The highest BCUT2D eigenvalue weighted by atomic mass is 16.3. The van der Waals surface area contributed by atoms with E-state index in [4.69, 9.17) is 0 Å². The zero-order valence-corrected chi connectivity index (χ0v) is 12.4. The number of aliphatic hydroxyl groups is 1. The first-order valence-electron chi connectivity index (χ1n) is 7.84. The van der Waals surface area contributed by atoms with Gasteiger partial charge >= 0.3 is 0 Å². The number of nitrogens with one attached hydrogen (secondary N) is 1. The zero-order chi connectivity index (χ0) is 14.7. The number of aromatic nitrogens is 2. The van der Waals surface area contributed by atoms with Crippen molar-refractivity contribution in [1.82, 2.24) is 20.0 Å². The summed E-state index contributed by atoms with van der Waals surface area (Å²) >= 11 is 0. The van der Waals surface area contributed by atoms with Gasteiger partial charge in [0.05, 0.1) is 18.4 Å². The van der Waals surface area contributed by atoms with E-state index in [9.17, 15) is 9.90 Å². The van der Waals surface area contributed by atoms with Gasteiger partial charge in [0, 0.05) is 31.2 Å². The molecule has 2 saturated heterocycles. The van der Waals surface area contributed by atoms with Gasteiger partial charge in [0.25, 0.3) is 5.91 Å². The minimum atomic E-state index is -0.0302. The van der Waals surface area contributed by atoms with Gasteiger partial charge in [-0.2, -0.15) is 5.10 Å². The van der Waals surface area contributed by atoms with Crippen molar-refractivity contribution < 1.29 is 9.90 Å². The molecule has 1 amide bonds. The maximum absolute atomic E-state index is 12.3. The summed E-state index contributed by atoms with van der Waals surface area (Å²) in [5.41, 5.74) is 0.586. The van der Waals surface area contributed by atoms with Gasteiger partial charge in [-0.1, -0.05) is 0 Å². The van der Waals surface area contributed by atoms with Crippen molar-refractivity contribution in [2.45, 2.75) is 25.7 Å². The van der Waals surface area contributed by atoms with Crippen LogP contribution in [0.5, 0.6) is 0 Å². The SMILES string of the molecule is O=C(c1cn[nH]c1)N1CCC(CO)(CN2CCCC2)CC1. The maximum atomic E-state index is 12.3. The minimum absolute atomic E-state index is 0.0302. The molecule has 1 aromatic heterocycles. The number of carbonyl (C=O) groups excluding carboxylic acids is 1. The van der Waals surface area contributed by atoms with Crippen molar-refractivity contribution in [2.75, 3.05) is 39.3 Å². The quantitative estimate of drug-likeness (QED) is 0.858. The Bertz CT molecular complexity index is 460. The predicted octanol–water partition coefficient (Wildman–Crippen LogP) is 0.720. The lowest BCUT2D eigenvalue weighted by atomic mass is 9.78. The van der Waals surface area contributed by atoms with Crippen LogP contribution in [-0.2, 0) is 0 Å². The lowest BCUT2D eigenvalue weighted by Gasteiger charge is -2.42. The van der Waals surface area contributed by atoms with Crippen LogP contribution in [0.4, 0.5) is 0 Å². The molecule has 1 aromatic rings. The van der Waals surface area contributed by atoms with Gasteiger partial charge in [-0.25, -0.2) is 0 Å². The number of aliphatic hydroxyl groups excluding tert-OH is 1. The van der Waals surface area contributed by atoms with Crippen molar-refractivity contribution in [3.63, 3.8) is 0 Å². The molecule has 116 valence electrons. The maximum Gasteiger partial charge on any atom is 0.257 e. The average molecular weight is 292 g/mol. The molecular formula is C15H24N4O2. The van der Waals surface area contributed by atoms with Crippen molar-refractivity contribution in [1.29, 1.82) is 0 Å². The van der Waals surface area contributed by atoms with Gasteiger partial charge in [0.2, 0.25) is 0 Å². The Morgan fingerprint density at radius 3 is 2.57 bits per heavy atom. The summed E-state index contributed by atoms with van der Waals surface area (Å²) < 4.78 is 0. The largest absolute Gasteiger partial charge is 0.396 e. The van der Waals surface area contributed by atoms with Gasteiger partial charge in [-0.3, -0.25) is 9.89 Å². The lowest BCUT2D eigenvalue weighted by molar-refractivity contribution is 0.0179. The standard InChI is InChI=1S/C15H24N4O2/c20-12-15(11-18-5-1-2-6-18)3-7-19(8-4-15)14(21)13-9-16-17-10-13/h9-10,20H,1-8,11-12H2,(H,16,17). The molecule has 3 rings (SSSR count).